The summed E-state index contributed by atoms with van der Waals surface area (Å²) in [6, 6.07) is 6.99. The number of rotatable bonds is 4. The lowest BCUT2D eigenvalue weighted by atomic mass is 10.0. The van der Waals surface area contributed by atoms with Crippen molar-refractivity contribution in [3.63, 3.8) is 0 Å². The maximum absolute atomic E-state index is 11.9. The normalized spacial score (nSPS) is 10.5. The molecule has 0 N–H and O–H groups in total. The van der Waals surface area contributed by atoms with E-state index in [9.17, 15) is 4.79 Å². The van der Waals surface area contributed by atoms with Gasteiger partial charge in [0.25, 0.3) is 0 Å². The lowest BCUT2D eigenvalue weighted by molar-refractivity contribution is 0.0983. The quantitative estimate of drug-likeness (QED) is 0.780. The monoisotopic (exact) mass is 248 g/mol. The van der Waals surface area contributed by atoms with Crippen molar-refractivity contribution in [3.8, 4) is 0 Å². The van der Waals surface area contributed by atoms with Gasteiger partial charge in [-0.2, -0.15) is 5.10 Å². The molecule has 0 spiro atoms. The molecule has 2 aromatic rings. The number of carbonyl (C=O) groups is 1. The maximum atomic E-state index is 11.9. The third kappa shape index (κ3) is 3.17. The fourth-order valence-electron chi connectivity index (χ4n) is 1.64. The van der Waals surface area contributed by atoms with E-state index in [-0.39, 0.29) is 5.78 Å². The zero-order chi connectivity index (χ0) is 12.3. The van der Waals surface area contributed by atoms with Crippen LogP contribution in [0.25, 0.3) is 0 Å². The Balaban J connectivity index is 1.95. The number of halogens is 1. The van der Waals surface area contributed by atoms with E-state index >= 15 is 0 Å². The van der Waals surface area contributed by atoms with Crippen molar-refractivity contribution in [1.29, 1.82) is 0 Å². The van der Waals surface area contributed by atoms with Gasteiger partial charge in [0.15, 0.2) is 5.78 Å². The molecule has 0 aliphatic heterocycles. The van der Waals surface area contributed by atoms with Crippen molar-refractivity contribution in [2.75, 3.05) is 0 Å². The summed E-state index contributed by atoms with van der Waals surface area (Å²) in [5.41, 5.74) is 1.79. The van der Waals surface area contributed by atoms with Gasteiger partial charge in [0.1, 0.15) is 0 Å². The lowest BCUT2D eigenvalue weighted by Gasteiger charge is -2.00. The molecule has 0 atom stereocenters. The van der Waals surface area contributed by atoms with Gasteiger partial charge in [-0.3, -0.25) is 9.48 Å². The van der Waals surface area contributed by atoms with Gasteiger partial charge < -0.3 is 0 Å². The van der Waals surface area contributed by atoms with Gasteiger partial charge in [-0.25, -0.2) is 0 Å². The maximum Gasteiger partial charge on any atom is 0.163 e. The zero-order valence-electron chi connectivity index (χ0n) is 9.56. The number of nitrogens with zero attached hydrogens (tertiary/aromatic N) is 2. The minimum absolute atomic E-state index is 0.130. The highest BCUT2D eigenvalue weighted by molar-refractivity contribution is 6.30. The first-order chi connectivity index (χ1) is 8.15. The Morgan fingerprint density at radius 2 is 2.06 bits per heavy atom. The molecule has 0 aliphatic carbocycles. The van der Waals surface area contributed by atoms with Gasteiger partial charge >= 0.3 is 0 Å². The Morgan fingerprint density at radius 1 is 1.35 bits per heavy atom. The van der Waals surface area contributed by atoms with E-state index in [1.165, 1.54) is 0 Å². The summed E-state index contributed by atoms with van der Waals surface area (Å²) in [6.07, 6.45) is 4.92. The fraction of sp³-hybridized carbons (Fsp3) is 0.231. The third-order valence-electron chi connectivity index (χ3n) is 2.57. The molecule has 2 rings (SSSR count). The van der Waals surface area contributed by atoms with Crippen LogP contribution in [0.1, 0.15) is 22.3 Å². The number of carbonyl (C=O) groups excluding carboxylic acids is 1. The van der Waals surface area contributed by atoms with E-state index in [2.05, 4.69) is 5.10 Å². The highest BCUT2D eigenvalue weighted by Crippen LogP contribution is 2.12. The predicted molar refractivity (Wildman–Crippen MR) is 67.3 cm³/mol. The van der Waals surface area contributed by atoms with Gasteiger partial charge in [-0.15, -0.1) is 0 Å². The molecule has 1 aromatic heterocycles. The molecule has 0 radical (unpaired) electrons. The lowest BCUT2D eigenvalue weighted by Crippen LogP contribution is -2.00. The van der Waals surface area contributed by atoms with Crippen LogP contribution in [-0.2, 0) is 13.5 Å². The molecule has 3 nitrogen and oxygen atoms in total. The van der Waals surface area contributed by atoms with E-state index in [0.29, 0.717) is 17.0 Å². The Morgan fingerprint density at radius 3 is 2.65 bits per heavy atom. The molecule has 1 aromatic carbocycles. The van der Waals surface area contributed by atoms with E-state index in [0.717, 1.165) is 12.0 Å². The SMILES string of the molecule is Cn1cc(CCC(=O)c2ccc(Cl)cc2)cn1. The number of benzene rings is 1. The molecule has 1 heterocycles. The summed E-state index contributed by atoms with van der Waals surface area (Å²) in [4.78, 5) is 11.9. The first-order valence-corrected chi connectivity index (χ1v) is 5.79. The second kappa shape index (κ2) is 5.15. The number of ketones is 1. The van der Waals surface area contributed by atoms with Crippen LogP contribution < -0.4 is 0 Å². The first-order valence-electron chi connectivity index (χ1n) is 5.41. The Labute approximate surface area is 105 Å². The molecule has 0 unspecified atom stereocenters. The van der Waals surface area contributed by atoms with E-state index < -0.39 is 0 Å². The number of hydrogen-bond acceptors (Lipinski definition) is 2. The van der Waals surface area contributed by atoms with Crippen LogP contribution in [0.4, 0.5) is 0 Å². The van der Waals surface area contributed by atoms with Crippen LogP contribution in [0.5, 0.6) is 0 Å². The molecule has 88 valence electrons. The van der Waals surface area contributed by atoms with Gasteiger partial charge in [-0.1, -0.05) is 11.6 Å². The van der Waals surface area contributed by atoms with Crippen LogP contribution in [0, 0.1) is 0 Å². The summed E-state index contributed by atoms with van der Waals surface area (Å²) in [6.45, 7) is 0. The zero-order valence-corrected chi connectivity index (χ0v) is 10.3. The standard InChI is InChI=1S/C13H13ClN2O/c1-16-9-10(8-15-16)2-7-13(17)11-3-5-12(14)6-4-11/h3-6,8-9H,2,7H2,1H3. The first kappa shape index (κ1) is 11.9. The van der Waals surface area contributed by atoms with Crippen LogP contribution in [0.15, 0.2) is 36.7 Å². The molecule has 4 heteroatoms. The molecule has 0 amide bonds. The van der Waals surface area contributed by atoms with Gasteiger partial charge in [0.2, 0.25) is 0 Å². The van der Waals surface area contributed by atoms with Crippen molar-refractivity contribution in [1.82, 2.24) is 9.78 Å². The average Bonchev–Trinajstić information content (AvgIpc) is 2.73. The molecular formula is C13H13ClN2O. The summed E-state index contributed by atoms with van der Waals surface area (Å²) < 4.78 is 1.74. The second-order valence-corrected chi connectivity index (χ2v) is 4.39. The van der Waals surface area contributed by atoms with Crippen molar-refractivity contribution in [3.05, 3.63) is 52.8 Å². The minimum Gasteiger partial charge on any atom is -0.294 e. The van der Waals surface area contributed by atoms with Gasteiger partial charge in [0, 0.05) is 30.3 Å². The molecule has 17 heavy (non-hydrogen) atoms. The Hall–Kier alpha value is -1.61. The summed E-state index contributed by atoms with van der Waals surface area (Å²) in [5.74, 6) is 0.130. The largest absolute Gasteiger partial charge is 0.294 e. The molecule has 0 fully saturated rings. The number of Topliss-reactive ketones (excluding diaryl/α,β-unsaturated/α-hetero) is 1. The predicted octanol–water partition coefficient (Wildman–Crippen LogP) is 2.89. The smallest absolute Gasteiger partial charge is 0.163 e. The molecule has 0 bridgehead atoms. The van der Waals surface area contributed by atoms with Crippen LogP contribution in [0.2, 0.25) is 5.02 Å². The van der Waals surface area contributed by atoms with Crippen LogP contribution in [0.3, 0.4) is 0 Å². The number of hydrogen-bond donors (Lipinski definition) is 0. The highest BCUT2D eigenvalue weighted by atomic mass is 35.5. The van der Waals surface area contributed by atoms with E-state index in [4.69, 9.17) is 11.6 Å². The second-order valence-electron chi connectivity index (χ2n) is 3.95. The highest BCUT2D eigenvalue weighted by Gasteiger charge is 2.06. The van der Waals surface area contributed by atoms with Crippen LogP contribution in [-0.4, -0.2) is 15.6 Å². The van der Waals surface area contributed by atoms with Crippen molar-refractivity contribution >= 4 is 17.4 Å². The Kier molecular flexibility index (Phi) is 3.59. The van der Waals surface area contributed by atoms with E-state index in [1.54, 1.807) is 35.1 Å². The molecule has 0 saturated heterocycles. The van der Waals surface area contributed by atoms with Gasteiger partial charge in [0.05, 0.1) is 6.20 Å². The summed E-state index contributed by atoms with van der Waals surface area (Å²) in [7, 11) is 1.87. The summed E-state index contributed by atoms with van der Waals surface area (Å²) in [5, 5.41) is 4.71. The fourth-order valence-corrected chi connectivity index (χ4v) is 1.76. The van der Waals surface area contributed by atoms with E-state index in [1.807, 2.05) is 13.2 Å². The minimum atomic E-state index is 0.130. The topological polar surface area (TPSA) is 34.9 Å². The third-order valence-corrected chi connectivity index (χ3v) is 2.82. The molecule has 0 saturated carbocycles. The van der Waals surface area contributed by atoms with Crippen molar-refractivity contribution in [2.24, 2.45) is 7.05 Å². The van der Waals surface area contributed by atoms with Crippen molar-refractivity contribution < 1.29 is 4.79 Å². The van der Waals surface area contributed by atoms with Gasteiger partial charge in [-0.05, 0) is 36.2 Å². The Bertz CT molecular complexity index is 516. The molecular weight excluding hydrogens is 236 g/mol. The summed E-state index contributed by atoms with van der Waals surface area (Å²) >= 11 is 5.77. The van der Waals surface area contributed by atoms with Crippen LogP contribution >= 0.6 is 11.6 Å². The molecule has 0 aliphatic rings. The number of aryl methyl sites for hydroxylation is 2. The number of aromatic nitrogens is 2. The van der Waals surface area contributed by atoms with Crippen molar-refractivity contribution in [2.45, 2.75) is 12.8 Å². The average molecular weight is 249 g/mol.